The van der Waals surface area contributed by atoms with E-state index in [0.717, 1.165) is 0 Å². The van der Waals surface area contributed by atoms with Crippen LogP contribution in [0.2, 0.25) is 0 Å². The maximum Gasteiger partial charge on any atom is 0.298 e. The van der Waals surface area contributed by atoms with E-state index in [2.05, 4.69) is 21.3 Å². The van der Waals surface area contributed by atoms with Crippen LogP contribution in [0.5, 0.6) is 0 Å². The zero-order valence-electron chi connectivity index (χ0n) is 9.40. The zero-order chi connectivity index (χ0) is 12.7. The summed E-state index contributed by atoms with van der Waals surface area (Å²) in [5.74, 6) is 5.54. The van der Waals surface area contributed by atoms with Crippen molar-refractivity contribution in [1.29, 1.82) is 0 Å². The molecule has 0 heterocycles. The fraction of sp³-hybridized carbons (Fsp3) is 0.273. The molecule has 0 radical (unpaired) electrons. The average molecular weight is 254 g/mol. The van der Waals surface area contributed by atoms with Crippen molar-refractivity contribution in [3.8, 4) is 11.8 Å². The van der Waals surface area contributed by atoms with Crippen molar-refractivity contribution in [2.75, 3.05) is 18.4 Å². The summed E-state index contributed by atoms with van der Waals surface area (Å²) in [6.07, 6.45) is 0.354. The fourth-order valence-electron chi connectivity index (χ4n) is 1.09. The van der Waals surface area contributed by atoms with E-state index >= 15 is 0 Å². The second-order valence-electron chi connectivity index (χ2n) is 3.13. The van der Waals surface area contributed by atoms with E-state index in [1.165, 1.54) is 7.05 Å². The van der Waals surface area contributed by atoms with Crippen molar-refractivity contribution >= 4 is 15.9 Å². The first-order chi connectivity index (χ1) is 8.09. The van der Waals surface area contributed by atoms with E-state index in [9.17, 15) is 8.42 Å². The molecule has 0 aromatic heterocycles. The molecular weight excluding hydrogens is 240 g/mol. The highest BCUT2D eigenvalue weighted by molar-refractivity contribution is 7.90. The van der Waals surface area contributed by atoms with Gasteiger partial charge in [0.15, 0.2) is 0 Å². The maximum absolute atomic E-state index is 11.3. The highest BCUT2D eigenvalue weighted by Crippen LogP contribution is 2.14. The van der Waals surface area contributed by atoms with E-state index in [4.69, 9.17) is 5.11 Å². The van der Waals surface area contributed by atoms with Crippen molar-refractivity contribution in [1.82, 2.24) is 4.72 Å². The molecule has 3 N–H and O–H groups in total. The van der Waals surface area contributed by atoms with Crippen LogP contribution in [0, 0.1) is 11.8 Å². The minimum atomic E-state index is -3.54. The highest BCUT2D eigenvalue weighted by atomic mass is 32.2. The molecule has 0 saturated carbocycles. The van der Waals surface area contributed by atoms with Crippen LogP contribution in [-0.2, 0) is 10.2 Å². The Morgan fingerprint density at radius 3 is 2.71 bits per heavy atom. The molecular formula is C11H14N2O3S. The van der Waals surface area contributed by atoms with Crippen LogP contribution in [0.15, 0.2) is 24.3 Å². The van der Waals surface area contributed by atoms with Gasteiger partial charge in [-0.15, -0.1) is 0 Å². The molecule has 5 nitrogen and oxygen atoms in total. The molecule has 0 atom stereocenters. The Morgan fingerprint density at radius 2 is 2.06 bits per heavy atom. The van der Waals surface area contributed by atoms with Gasteiger partial charge in [0.25, 0.3) is 10.2 Å². The van der Waals surface area contributed by atoms with E-state index in [1.807, 2.05) is 0 Å². The molecule has 0 fully saturated rings. The second kappa shape index (κ2) is 6.25. The molecule has 92 valence electrons. The molecule has 1 rings (SSSR count). The van der Waals surface area contributed by atoms with Gasteiger partial charge in [0.2, 0.25) is 0 Å². The minimum absolute atomic E-state index is 0.0165. The number of anilines is 1. The Morgan fingerprint density at radius 1 is 1.35 bits per heavy atom. The quantitative estimate of drug-likeness (QED) is 0.676. The number of aliphatic hydroxyl groups is 1. The zero-order valence-corrected chi connectivity index (χ0v) is 10.2. The summed E-state index contributed by atoms with van der Waals surface area (Å²) in [4.78, 5) is 0. The van der Waals surface area contributed by atoms with Gasteiger partial charge in [0.1, 0.15) is 0 Å². The number of hydrogen-bond donors (Lipinski definition) is 3. The molecule has 0 bridgehead atoms. The summed E-state index contributed by atoms with van der Waals surface area (Å²) in [6, 6.07) is 6.81. The lowest BCUT2D eigenvalue weighted by Crippen LogP contribution is -2.26. The second-order valence-corrected chi connectivity index (χ2v) is 4.75. The molecule has 0 saturated heterocycles. The summed E-state index contributed by atoms with van der Waals surface area (Å²) in [5.41, 5.74) is 0.979. The third kappa shape index (κ3) is 4.44. The van der Waals surface area contributed by atoms with Crippen LogP contribution >= 0.6 is 0 Å². The molecule has 6 heteroatoms. The lowest BCUT2D eigenvalue weighted by Gasteiger charge is -2.07. The van der Waals surface area contributed by atoms with Crippen molar-refractivity contribution in [2.45, 2.75) is 6.42 Å². The number of benzene rings is 1. The fourth-order valence-corrected chi connectivity index (χ4v) is 1.66. The minimum Gasteiger partial charge on any atom is -0.395 e. The van der Waals surface area contributed by atoms with Gasteiger partial charge in [-0.1, -0.05) is 24.0 Å². The molecule has 0 amide bonds. The first kappa shape index (κ1) is 13.5. The Hall–Kier alpha value is -1.55. The van der Waals surface area contributed by atoms with Crippen molar-refractivity contribution in [2.24, 2.45) is 0 Å². The normalized spacial score (nSPS) is 10.5. The maximum atomic E-state index is 11.3. The predicted octanol–water partition coefficient (Wildman–Crippen LogP) is 0.297. The predicted molar refractivity (Wildman–Crippen MR) is 66.6 cm³/mol. The van der Waals surface area contributed by atoms with Crippen LogP contribution in [0.4, 0.5) is 5.69 Å². The molecule has 1 aromatic rings. The highest BCUT2D eigenvalue weighted by Gasteiger charge is 2.08. The van der Waals surface area contributed by atoms with Crippen LogP contribution < -0.4 is 9.44 Å². The van der Waals surface area contributed by atoms with Crippen LogP contribution in [-0.4, -0.2) is 27.2 Å². The molecule has 1 aromatic carbocycles. The van der Waals surface area contributed by atoms with Crippen LogP contribution in [0.1, 0.15) is 12.0 Å². The van der Waals surface area contributed by atoms with E-state index in [1.54, 1.807) is 24.3 Å². The van der Waals surface area contributed by atoms with Crippen LogP contribution in [0.25, 0.3) is 0 Å². The Kier molecular flexibility index (Phi) is 4.97. The monoisotopic (exact) mass is 254 g/mol. The van der Waals surface area contributed by atoms with Crippen LogP contribution in [0.3, 0.4) is 0 Å². The van der Waals surface area contributed by atoms with Crippen molar-refractivity contribution < 1.29 is 13.5 Å². The van der Waals surface area contributed by atoms with Gasteiger partial charge in [-0.2, -0.15) is 8.42 Å². The molecule has 0 aliphatic carbocycles. The summed E-state index contributed by atoms with van der Waals surface area (Å²) in [6.45, 7) is -0.0165. The first-order valence-corrected chi connectivity index (χ1v) is 6.47. The topological polar surface area (TPSA) is 78.4 Å². The van der Waals surface area contributed by atoms with Gasteiger partial charge in [0.05, 0.1) is 12.3 Å². The third-order valence-corrected chi connectivity index (χ3v) is 2.93. The largest absolute Gasteiger partial charge is 0.395 e. The van der Waals surface area contributed by atoms with Gasteiger partial charge in [-0.25, -0.2) is 4.72 Å². The lowest BCUT2D eigenvalue weighted by molar-refractivity contribution is 0.305. The van der Waals surface area contributed by atoms with Gasteiger partial charge in [-0.05, 0) is 12.1 Å². The summed E-state index contributed by atoms with van der Waals surface area (Å²) in [7, 11) is -2.22. The third-order valence-electron chi connectivity index (χ3n) is 1.90. The van der Waals surface area contributed by atoms with Gasteiger partial charge < -0.3 is 5.11 Å². The summed E-state index contributed by atoms with van der Waals surface area (Å²) >= 11 is 0. The smallest absolute Gasteiger partial charge is 0.298 e. The summed E-state index contributed by atoms with van der Waals surface area (Å²) in [5, 5.41) is 8.61. The number of rotatable bonds is 4. The van der Waals surface area contributed by atoms with Crippen molar-refractivity contribution in [3.63, 3.8) is 0 Å². The molecule has 0 aliphatic rings. The van der Waals surface area contributed by atoms with Gasteiger partial charge >= 0.3 is 0 Å². The molecule has 17 heavy (non-hydrogen) atoms. The SMILES string of the molecule is CNS(=O)(=O)Nc1ccccc1C#CCCO. The van der Waals surface area contributed by atoms with E-state index < -0.39 is 10.2 Å². The standard InChI is InChI=1S/C11H14N2O3S/c1-12-17(15,16)13-11-8-3-2-6-10(11)7-4-5-9-14/h2-3,6,8,12-14H,5,9H2,1H3. The number of aliphatic hydroxyl groups excluding tert-OH is 1. The molecule has 0 unspecified atom stereocenters. The average Bonchev–Trinajstić information content (AvgIpc) is 2.31. The van der Waals surface area contributed by atoms with E-state index in [-0.39, 0.29) is 6.61 Å². The number of nitrogens with one attached hydrogen (secondary N) is 2. The van der Waals surface area contributed by atoms with E-state index in [0.29, 0.717) is 17.7 Å². The number of hydrogen-bond acceptors (Lipinski definition) is 3. The Balaban J connectivity index is 2.98. The molecule has 0 aliphatic heterocycles. The summed E-state index contributed by atoms with van der Waals surface area (Å²) < 4.78 is 27.2. The first-order valence-electron chi connectivity index (χ1n) is 4.99. The molecule has 0 spiro atoms. The van der Waals surface area contributed by atoms with Gasteiger partial charge in [0, 0.05) is 19.0 Å². The van der Waals surface area contributed by atoms with Crippen molar-refractivity contribution in [3.05, 3.63) is 29.8 Å². The number of para-hydroxylation sites is 1. The Labute approximate surface area is 101 Å². The lowest BCUT2D eigenvalue weighted by atomic mass is 10.2. The van der Waals surface area contributed by atoms with Gasteiger partial charge in [-0.3, -0.25) is 4.72 Å². The Bertz CT molecular complexity index is 529.